The predicted octanol–water partition coefficient (Wildman–Crippen LogP) is 6.19. The summed E-state index contributed by atoms with van der Waals surface area (Å²) < 4.78 is 5.36. The van der Waals surface area contributed by atoms with E-state index in [0.717, 1.165) is 17.5 Å². The number of hydrogen-bond donors (Lipinski definition) is 1. The standard InChI is InChI=1S/C27H26Cl2N2O3/c28-20-14-15-24-22(17-20)27(26(33)31(24)30,21-11-6-7-12-23(21)29)16-8-2-5-13-25(32)34-18-19-9-3-1-4-10-19/h1,3-4,6-7,9-12,14-15,17H,2,5,8,13,16,18,30H2. The summed E-state index contributed by atoms with van der Waals surface area (Å²) >= 11 is 12.9. The third kappa shape index (κ3) is 4.83. The van der Waals surface area contributed by atoms with E-state index >= 15 is 0 Å². The molecular formula is C27H26Cl2N2O3. The highest BCUT2D eigenvalue weighted by molar-refractivity contribution is 6.32. The van der Waals surface area contributed by atoms with Crippen LogP contribution in [0.4, 0.5) is 5.69 Å². The number of carbonyl (C=O) groups excluding carboxylic acids is 2. The second-order valence-electron chi connectivity index (χ2n) is 8.43. The molecule has 0 saturated heterocycles. The van der Waals surface area contributed by atoms with Crippen LogP contribution in [0.15, 0.2) is 72.8 Å². The fourth-order valence-corrected chi connectivity index (χ4v) is 5.05. The lowest BCUT2D eigenvalue weighted by molar-refractivity contribution is -0.145. The summed E-state index contributed by atoms with van der Waals surface area (Å²) in [7, 11) is 0. The second-order valence-corrected chi connectivity index (χ2v) is 9.27. The van der Waals surface area contributed by atoms with Gasteiger partial charge in [-0.15, -0.1) is 0 Å². The first kappa shape index (κ1) is 24.3. The van der Waals surface area contributed by atoms with Gasteiger partial charge < -0.3 is 4.74 Å². The number of nitrogens with zero attached hydrogens (tertiary/aromatic N) is 1. The van der Waals surface area contributed by atoms with E-state index in [1.54, 1.807) is 24.3 Å². The highest BCUT2D eigenvalue weighted by atomic mass is 35.5. The maximum atomic E-state index is 13.6. The van der Waals surface area contributed by atoms with Crippen LogP contribution < -0.4 is 10.9 Å². The highest BCUT2D eigenvalue weighted by Crippen LogP contribution is 2.50. The Kier molecular flexibility index (Phi) is 7.57. The van der Waals surface area contributed by atoms with Crippen molar-refractivity contribution < 1.29 is 14.3 Å². The Bertz CT molecular complexity index is 1190. The van der Waals surface area contributed by atoms with Gasteiger partial charge in [0, 0.05) is 16.5 Å². The van der Waals surface area contributed by atoms with Crippen LogP contribution in [0.3, 0.4) is 0 Å². The molecular weight excluding hydrogens is 471 g/mol. The van der Waals surface area contributed by atoms with Crippen molar-refractivity contribution in [2.75, 3.05) is 5.01 Å². The molecule has 1 unspecified atom stereocenters. The molecule has 3 aromatic carbocycles. The van der Waals surface area contributed by atoms with E-state index in [9.17, 15) is 9.59 Å². The van der Waals surface area contributed by atoms with Gasteiger partial charge in [-0.1, -0.05) is 84.6 Å². The van der Waals surface area contributed by atoms with Gasteiger partial charge in [0.15, 0.2) is 0 Å². The summed E-state index contributed by atoms with van der Waals surface area (Å²) in [5, 5.41) is 2.22. The number of esters is 1. The minimum Gasteiger partial charge on any atom is -0.461 e. The monoisotopic (exact) mass is 496 g/mol. The summed E-state index contributed by atoms with van der Waals surface area (Å²) in [6.45, 7) is 0.271. The van der Waals surface area contributed by atoms with Crippen molar-refractivity contribution in [1.82, 2.24) is 0 Å². The molecule has 1 aliphatic rings. The van der Waals surface area contributed by atoms with Crippen LogP contribution in [-0.4, -0.2) is 11.9 Å². The van der Waals surface area contributed by atoms with Gasteiger partial charge in [-0.25, -0.2) is 10.9 Å². The summed E-state index contributed by atoms with van der Waals surface area (Å²) in [6, 6.07) is 22.2. The van der Waals surface area contributed by atoms with Gasteiger partial charge in [0.25, 0.3) is 5.91 Å². The lowest BCUT2D eigenvalue weighted by Gasteiger charge is -2.30. The van der Waals surface area contributed by atoms with Crippen molar-refractivity contribution in [3.8, 4) is 0 Å². The van der Waals surface area contributed by atoms with Crippen LogP contribution in [0.1, 0.15) is 48.8 Å². The van der Waals surface area contributed by atoms with Crippen LogP contribution >= 0.6 is 23.2 Å². The molecule has 0 bridgehead atoms. The summed E-state index contributed by atoms with van der Waals surface area (Å²) in [5.74, 6) is 5.73. The first-order chi connectivity index (χ1) is 16.4. The van der Waals surface area contributed by atoms with E-state index in [-0.39, 0.29) is 18.5 Å². The second kappa shape index (κ2) is 10.6. The fourth-order valence-electron chi connectivity index (χ4n) is 4.58. The highest BCUT2D eigenvalue weighted by Gasteiger charge is 2.52. The normalized spacial score (nSPS) is 17.0. The SMILES string of the molecule is NN1C(=O)C(CCCCCC(=O)OCc2ccccc2)(c2ccccc2Cl)c2cc(Cl)ccc21. The van der Waals surface area contributed by atoms with Gasteiger partial charge in [-0.2, -0.15) is 0 Å². The number of unbranched alkanes of at least 4 members (excludes halogenated alkanes) is 2. The van der Waals surface area contributed by atoms with Crippen LogP contribution in [-0.2, 0) is 26.3 Å². The number of ether oxygens (including phenoxy) is 1. The number of benzene rings is 3. The zero-order valence-corrected chi connectivity index (χ0v) is 20.2. The average molecular weight is 497 g/mol. The molecule has 0 fully saturated rings. The third-order valence-corrected chi connectivity index (χ3v) is 6.84. The zero-order valence-electron chi connectivity index (χ0n) is 18.7. The van der Waals surface area contributed by atoms with Crippen LogP contribution in [0.2, 0.25) is 10.0 Å². The number of hydrazine groups is 1. The van der Waals surface area contributed by atoms with Crippen molar-refractivity contribution in [3.63, 3.8) is 0 Å². The van der Waals surface area contributed by atoms with E-state index < -0.39 is 5.41 Å². The van der Waals surface area contributed by atoms with Crippen molar-refractivity contribution in [1.29, 1.82) is 0 Å². The smallest absolute Gasteiger partial charge is 0.306 e. The van der Waals surface area contributed by atoms with E-state index in [1.165, 1.54) is 5.01 Å². The average Bonchev–Trinajstić information content (AvgIpc) is 3.05. The Morgan fingerprint density at radius 3 is 2.41 bits per heavy atom. The van der Waals surface area contributed by atoms with Crippen LogP contribution in [0.25, 0.3) is 0 Å². The number of hydrogen-bond acceptors (Lipinski definition) is 4. The molecule has 1 aliphatic heterocycles. The molecule has 1 heterocycles. The number of halogens is 2. The zero-order chi connectivity index (χ0) is 24.1. The Labute approximate surface area is 209 Å². The maximum absolute atomic E-state index is 13.6. The topological polar surface area (TPSA) is 72.6 Å². The summed E-state index contributed by atoms with van der Waals surface area (Å²) in [6.07, 6.45) is 2.93. The first-order valence-corrected chi connectivity index (χ1v) is 12.0. The minimum atomic E-state index is -1.03. The van der Waals surface area contributed by atoms with Crippen molar-refractivity contribution in [3.05, 3.63) is 99.5 Å². The first-order valence-electron chi connectivity index (χ1n) is 11.3. The van der Waals surface area contributed by atoms with Gasteiger partial charge in [0.2, 0.25) is 0 Å². The molecule has 0 aliphatic carbocycles. The van der Waals surface area contributed by atoms with E-state index in [4.69, 9.17) is 33.8 Å². The summed E-state index contributed by atoms with van der Waals surface area (Å²) in [5.41, 5.74) is 2.02. The number of rotatable bonds is 9. The largest absolute Gasteiger partial charge is 0.461 e. The molecule has 0 spiro atoms. The number of nitrogens with two attached hydrogens (primary N) is 1. The van der Waals surface area contributed by atoms with Crippen molar-refractivity contribution in [2.24, 2.45) is 5.84 Å². The molecule has 5 nitrogen and oxygen atoms in total. The fraction of sp³-hybridized carbons (Fsp3) is 0.259. The molecule has 7 heteroatoms. The molecule has 3 aromatic rings. The van der Waals surface area contributed by atoms with E-state index in [0.29, 0.717) is 47.0 Å². The minimum absolute atomic E-state index is 0.230. The lowest BCUT2D eigenvalue weighted by atomic mass is 9.71. The van der Waals surface area contributed by atoms with Gasteiger partial charge >= 0.3 is 5.97 Å². The Balaban J connectivity index is 1.44. The molecule has 2 N–H and O–H groups in total. The van der Waals surface area contributed by atoms with E-state index in [2.05, 4.69) is 0 Å². The molecule has 0 aromatic heterocycles. The van der Waals surface area contributed by atoms with E-state index in [1.807, 2.05) is 48.5 Å². The van der Waals surface area contributed by atoms with Crippen LogP contribution in [0, 0.1) is 0 Å². The van der Waals surface area contributed by atoms with Gasteiger partial charge in [0.05, 0.1) is 5.69 Å². The van der Waals surface area contributed by atoms with Crippen molar-refractivity contribution >= 4 is 40.8 Å². The summed E-state index contributed by atoms with van der Waals surface area (Å²) in [4.78, 5) is 25.7. The molecule has 176 valence electrons. The number of amides is 1. The van der Waals surface area contributed by atoms with Gasteiger partial charge in [0.1, 0.15) is 12.0 Å². The van der Waals surface area contributed by atoms with Crippen LogP contribution in [0.5, 0.6) is 0 Å². The number of anilines is 1. The molecule has 34 heavy (non-hydrogen) atoms. The Morgan fingerprint density at radius 2 is 1.65 bits per heavy atom. The molecule has 0 saturated carbocycles. The molecule has 1 atom stereocenters. The van der Waals surface area contributed by atoms with Crippen molar-refractivity contribution in [2.45, 2.75) is 44.1 Å². The molecule has 0 radical (unpaired) electrons. The Morgan fingerprint density at radius 1 is 0.912 bits per heavy atom. The molecule has 4 rings (SSSR count). The van der Waals surface area contributed by atoms with Gasteiger partial charge in [-0.3, -0.25) is 9.59 Å². The third-order valence-electron chi connectivity index (χ3n) is 6.27. The predicted molar refractivity (Wildman–Crippen MR) is 135 cm³/mol. The maximum Gasteiger partial charge on any atom is 0.306 e. The number of fused-ring (bicyclic) bond motifs is 1. The number of carbonyl (C=O) groups is 2. The molecule has 1 amide bonds. The quantitative estimate of drug-likeness (QED) is 0.166. The van der Waals surface area contributed by atoms with Gasteiger partial charge in [-0.05, 0) is 53.8 Å². The Hall–Kier alpha value is -2.86. The lowest BCUT2D eigenvalue weighted by Crippen LogP contribution is -2.44.